The SMILES string of the molecule is C.O=S(=O)(O)c1ccccc1C=Nc1c(F)c(F)c(F)c(F)c1F.O=S(=O)(O)c1ccccc1C=Nc1c(F)c(F)c(F)c(F)c1F.O=S(=O)([O-])c1ccccc1C=Nc1c(F)c(F)c(F)c(F)c1F.[Cl][Ti]([Cl])([Cl])[Cl].[Cl][Ti][Cl].[Na+]. The third-order valence-corrected chi connectivity index (χ3v) is 10.9. The van der Waals surface area contributed by atoms with Crippen LogP contribution in [0.2, 0.25) is 0 Å². The number of halogens is 21. The molecule has 0 saturated heterocycles. The van der Waals surface area contributed by atoms with E-state index in [1.54, 1.807) is 0 Å². The Hall–Kier alpha value is -2.82. The Balaban J connectivity index is 0.00000107. The number of hydrogen-bond donors (Lipinski definition) is 2. The van der Waals surface area contributed by atoms with E-state index in [0.29, 0.717) is 18.6 Å². The molecule has 0 unspecified atom stereocenters. The van der Waals surface area contributed by atoms with Gasteiger partial charge in [0, 0.05) is 35.3 Å². The monoisotopic (exact) mass is 1400 g/mol. The molecule has 0 bridgehead atoms. The Morgan fingerprint density at radius 1 is 0.405 bits per heavy atom. The Bertz CT molecular complexity index is 3170. The zero-order chi connectivity index (χ0) is 59.3. The molecule has 0 radical (unpaired) electrons. The van der Waals surface area contributed by atoms with Crippen LogP contribution >= 0.6 is 55.8 Å². The maximum Gasteiger partial charge on any atom is 1.00 e. The summed E-state index contributed by atoms with van der Waals surface area (Å²) in [7, 11) is 15.6. The van der Waals surface area contributed by atoms with Crippen LogP contribution in [0.15, 0.2) is 102 Å². The first-order chi connectivity index (χ1) is 35.3. The van der Waals surface area contributed by atoms with E-state index < -0.39 is 179 Å². The second-order valence-electron chi connectivity index (χ2n) is 13.0. The maximum absolute atomic E-state index is 13.4. The topological polar surface area (TPSA) is 203 Å². The van der Waals surface area contributed by atoms with E-state index in [4.69, 9.17) is 64.9 Å². The van der Waals surface area contributed by atoms with Crippen LogP contribution < -0.4 is 29.6 Å². The van der Waals surface area contributed by atoms with Gasteiger partial charge in [-0.3, -0.25) is 9.11 Å². The summed E-state index contributed by atoms with van der Waals surface area (Å²) < 4.78 is 293. The van der Waals surface area contributed by atoms with Gasteiger partial charge in [0.15, 0.2) is 69.8 Å². The Morgan fingerprint density at radius 2 is 0.570 bits per heavy atom. The standard InChI is InChI=1S/3C13H6F5NO3S.CH4.6ClH.Na.2Ti/c3*14-8-9(15)11(17)13(12(18)10(8)16)19-5-6-3-1-2-4-7(6)23(20,21)22;;;;;;;;;;/h3*1-5H,(H,20,21,22);1H4;6*1H;;;/q;;;;;;;;;;+1;+2;+4/p-7. The van der Waals surface area contributed by atoms with Crippen molar-refractivity contribution in [2.75, 3.05) is 0 Å². The molecule has 0 saturated carbocycles. The van der Waals surface area contributed by atoms with Crippen molar-refractivity contribution in [3.8, 4) is 0 Å². The minimum atomic E-state index is -4.92. The van der Waals surface area contributed by atoms with E-state index >= 15 is 0 Å². The number of rotatable bonds is 9. The van der Waals surface area contributed by atoms with E-state index in [0.717, 1.165) is 36.4 Å². The summed E-state index contributed by atoms with van der Waals surface area (Å²) in [6, 6.07) is 13.8. The summed E-state index contributed by atoms with van der Waals surface area (Å²) in [5.41, 5.74) is -5.44. The summed E-state index contributed by atoms with van der Waals surface area (Å²) in [4.78, 5) is 7.27. The maximum atomic E-state index is 13.4. The van der Waals surface area contributed by atoms with Crippen molar-refractivity contribution in [3.05, 3.63) is 177 Å². The molecule has 0 heterocycles. The molecule has 6 rings (SSSR count). The summed E-state index contributed by atoms with van der Waals surface area (Å²) in [5.74, 6) is -33.2. The van der Waals surface area contributed by atoms with Crippen LogP contribution in [-0.2, 0) is 59.7 Å². The fourth-order valence-electron chi connectivity index (χ4n) is 4.98. The molecule has 0 amide bonds. The van der Waals surface area contributed by atoms with Gasteiger partial charge >= 0.3 is 115 Å². The van der Waals surface area contributed by atoms with Gasteiger partial charge in [0.05, 0.1) is 4.90 Å². The molecule has 39 heteroatoms. The molecule has 0 aliphatic rings. The number of hydrogen-bond acceptors (Lipinski definition) is 10. The average molecular weight is 1400 g/mol. The van der Waals surface area contributed by atoms with Crippen LogP contribution in [0.1, 0.15) is 24.1 Å². The second kappa shape index (κ2) is 32.9. The van der Waals surface area contributed by atoms with Crippen LogP contribution in [0.3, 0.4) is 0 Å². The first kappa shape index (κ1) is 76.2. The predicted octanol–water partition coefficient (Wildman–Crippen LogP) is 11.6. The van der Waals surface area contributed by atoms with E-state index in [2.05, 4.69) is 15.0 Å². The molecule has 0 atom stereocenters. The van der Waals surface area contributed by atoms with Crippen molar-refractivity contribution in [2.24, 2.45) is 15.0 Å². The minimum Gasteiger partial charge on any atom is 1.00 e. The van der Waals surface area contributed by atoms with E-state index in [1.165, 1.54) is 36.4 Å². The summed E-state index contributed by atoms with van der Waals surface area (Å²) in [5, 5.41) is 0. The van der Waals surface area contributed by atoms with Crippen molar-refractivity contribution in [1.29, 1.82) is 0 Å². The van der Waals surface area contributed by atoms with Crippen molar-refractivity contribution < 1.29 is 164 Å². The van der Waals surface area contributed by atoms with Crippen LogP contribution in [0.5, 0.6) is 0 Å². The van der Waals surface area contributed by atoms with E-state index in [-0.39, 0.29) is 53.7 Å². The Labute approximate surface area is 494 Å². The Kier molecular flexibility index (Phi) is 31.7. The van der Waals surface area contributed by atoms with Gasteiger partial charge in [-0.25, -0.2) is 89.3 Å². The quantitative estimate of drug-likeness (QED) is 0.0352. The van der Waals surface area contributed by atoms with Gasteiger partial charge in [-0.05, 0) is 18.2 Å². The molecule has 0 aliphatic heterocycles. The summed E-state index contributed by atoms with van der Waals surface area (Å²) in [6.07, 6.45) is 1.63. The molecular formula is C40H21Cl6F15N3NaO9S3Ti2. The van der Waals surface area contributed by atoms with Gasteiger partial charge in [0.2, 0.25) is 17.5 Å². The normalized spacial score (nSPS) is 11.5. The van der Waals surface area contributed by atoms with Gasteiger partial charge in [-0.15, -0.1) is 0 Å². The number of nitrogens with zero attached hydrogens (tertiary/aromatic N) is 3. The molecule has 0 spiro atoms. The summed E-state index contributed by atoms with van der Waals surface area (Å²) in [6.45, 7) is 0. The average Bonchev–Trinajstić information content (AvgIpc) is 3.34. The predicted molar refractivity (Wildman–Crippen MR) is 249 cm³/mol. The van der Waals surface area contributed by atoms with E-state index in [1.807, 2.05) is 0 Å². The van der Waals surface area contributed by atoms with Crippen LogP contribution in [-0.4, -0.2) is 57.6 Å². The largest absolute Gasteiger partial charge is 1.00 e. The molecule has 79 heavy (non-hydrogen) atoms. The van der Waals surface area contributed by atoms with Crippen molar-refractivity contribution in [3.63, 3.8) is 0 Å². The third-order valence-electron chi connectivity index (χ3n) is 8.14. The second-order valence-corrected chi connectivity index (χ2v) is 35.2. The fourth-order valence-corrected chi connectivity index (χ4v) is 6.97. The molecule has 2 N–H and O–H groups in total. The van der Waals surface area contributed by atoms with Gasteiger partial charge in [0.1, 0.15) is 37.0 Å². The molecule has 0 aliphatic carbocycles. The molecule has 6 aromatic carbocycles. The van der Waals surface area contributed by atoms with Crippen LogP contribution in [0.25, 0.3) is 0 Å². The smallest absolute Gasteiger partial charge is 1.00 e. The number of aliphatic imine (C=N–C) groups is 3. The van der Waals surface area contributed by atoms with Crippen LogP contribution in [0, 0.1) is 87.3 Å². The van der Waals surface area contributed by atoms with Gasteiger partial charge in [-0.2, -0.15) is 16.8 Å². The third kappa shape index (κ3) is 22.0. The van der Waals surface area contributed by atoms with Gasteiger partial charge < -0.3 is 4.55 Å². The molecule has 424 valence electrons. The molecule has 0 fully saturated rings. The zero-order valence-electron chi connectivity index (χ0n) is 36.9. The molecule has 6 aromatic rings. The minimum absolute atomic E-state index is 0. The summed E-state index contributed by atoms with van der Waals surface area (Å²) >= 11 is -3.67. The fraction of sp³-hybridized carbons (Fsp3) is 0.0250. The molecular weight excluding hydrogens is 1380 g/mol. The van der Waals surface area contributed by atoms with E-state index in [9.17, 15) is 95.7 Å². The van der Waals surface area contributed by atoms with Crippen molar-refractivity contribution in [1.82, 2.24) is 0 Å². The first-order valence-electron chi connectivity index (χ1n) is 18.4. The van der Waals surface area contributed by atoms with Crippen molar-refractivity contribution >= 4 is 122 Å². The Morgan fingerprint density at radius 3 is 0.759 bits per heavy atom. The van der Waals surface area contributed by atoms with Gasteiger partial charge in [0.25, 0.3) is 20.2 Å². The van der Waals surface area contributed by atoms with Crippen LogP contribution in [0.4, 0.5) is 82.9 Å². The molecule has 0 aromatic heterocycles. The molecule has 12 nitrogen and oxygen atoms in total. The van der Waals surface area contributed by atoms with Crippen molar-refractivity contribution in [2.45, 2.75) is 22.1 Å². The first-order valence-corrected chi connectivity index (χ1v) is 35.6. The zero-order valence-corrected chi connectivity index (χ0v) is 49.0. The number of benzene rings is 6. The van der Waals surface area contributed by atoms with Gasteiger partial charge in [-0.1, -0.05) is 62.0 Å².